The lowest BCUT2D eigenvalue weighted by molar-refractivity contribution is -0.661. The van der Waals surface area contributed by atoms with Gasteiger partial charge in [0.25, 0.3) is 0 Å². The van der Waals surface area contributed by atoms with Crippen LogP contribution in [0.15, 0.2) is 261 Å². The van der Waals surface area contributed by atoms with Gasteiger partial charge in [0.05, 0.1) is 44.3 Å². The van der Waals surface area contributed by atoms with Crippen LogP contribution in [0.2, 0.25) is 0 Å². The number of fused-ring (bicyclic) bond motifs is 16. The molecular formula is C104H96N8O4+4. The monoisotopic (exact) mass is 1520 g/mol. The van der Waals surface area contributed by atoms with Crippen LogP contribution in [-0.4, -0.2) is 19.9 Å². The van der Waals surface area contributed by atoms with Crippen molar-refractivity contribution in [3.05, 3.63) is 288 Å². The molecule has 12 aromatic heterocycles. The molecule has 2 saturated carbocycles. The summed E-state index contributed by atoms with van der Waals surface area (Å²) in [6, 6.07) is 77.0. The van der Waals surface area contributed by atoms with Crippen molar-refractivity contribution in [3.63, 3.8) is 0 Å². The van der Waals surface area contributed by atoms with Gasteiger partial charge in [-0.25, -0.2) is 38.2 Å². The number of para-hydroxylation sites is 4. The second-order valence-electron chi connectivity index (χ2n) is 32.8. The number of pyridine rings is 8. The van der Waals surface area contributed by atoms with Gasteiger partial charge in [0.2, 0.25) is 45.6 Å². The van der Waals surface area contributed by atoms with E-state index in [1.165, 1.54) is 114 Å². The zero-order valence-electron chi connectivity index (χ0n) is 68.1. The molecule has 572 valence electrons. The molecule has 116 heavy (non-hydrogen) atoms. The zero-order chi connectivity index (χ0) is 79.1. The first kappa shape index (κ1) is 73.4. The van der Waals surface area contributed by atoms with E-state index in [4.69, 9.17) is 37.6 Å². The minimum Gasteiger partial charge on any atom is -0.437 e. The molecule has 0 N–H and O–H groups in total. The number of hydrogen-bond donors (Lipinski definition) is 0. The average molecular weight is 1520 g/mol. The second kappa shape index (κ2) is 30.2. The maximum absolute atomic E-state index is 6.40. The van der Waals surface area contributed by atoms with Crippen LogP contribution >= 0.6 is 0 Å². The number of rotatable bonds is 8. The van der Waals surface area contributed by atoms with Crippen molar-refractivity contribution in [2.45, 2.75) is 130 Å². The van der Waals surface area contributed by atoms with Crippen LogP contribution in [0, 0.1) is 27.7 Å². The Hall–Kier alpha value is -12.8. The van der Waals surface area contributed by atoms with Crippen molar-refractivity contribution in [3.8, 4) is 45.0 Å². The standard InChI is InChI=1S/C28H27N2O.C27H25N2O.C25H23N2O.C24H21N2O/c1-18-12-14-22-23-16-20-10-6-7-11-24(20)29-28(23)31-27(22)26(18)25-15-13-21(17-30(25)2)19-8-4-3-5-9-19;1-17-11-13-21-22-15-19-9-5-6-10-23(19)28-27(22)30-26(21)25(17)24-14-12-20(16-29(24)2)18-7-3-4-8-18;1-15(2)18-10-12-22(27(4)14-18)23-16(3)9-11-19-20-13-17-7-5-6-8-21(17)26-25(20)28-24(19)23;1-4-16-10-12-21(26(3)14-16)22-15(2)9-11-18-19-13-17-7-5-6-8-20(17)25-24(19)27-23(18)22/h6-7,10-17,19H,3-5,8-9H2,1-2H3;5-6,9-16,18H,3-4,7-8H2,1-2H3;5-15H,1-4H3;5-14H,4H2,1-3H3/q4*+1. The topological polar surface area (TPSA) is 120 Å². The fourth-order valence-corrected chi connectivity index (χ4v) is 18.5. The molecule has 0 unspecified atom stereocenters. The van der Waals surface area contributed by atoms with Gasteiger partial charge in [-0.2, -0.15) is 0 Å². The van der Waals surface area contributed by atoms with E-state index in [9.17, 15) is 0 Å². The molecule has 22 rings (SSSR count). The third-order valence-corrected chi connectivity index (χ3v) is 24.8. The highest BCUT2D eigenvalue weighted by Gasteiger charge is 2.29. The number of aromatic nitrogens is 8. The molecule has 0 radical (unpaired) electrons. The van der Waals surface area contributed by atoms with Gasteiger partial charge in [0.1, 0.15) is 28.2 Å². The Morgan fingerprint density at radius 1 is 0.319 bits per heavy atom. The molecule has 8 aromatic carbocycles. The minimum absolute atomic E-state index is 0.500. The van der Waals surface area contributed by atoms with Crippen molar-refractivity contribution in [2.75, 3.05) is 0 Å². The van der Waals surface area contributed by atoms with Crippen LogP contribution in [0.5, 0.6) is 0 Å². The molecule has 0 amide bonds. The summed E-state index contributed by atoms with van der Waals surface area (Å²) < 4.78 is 34.4. The molecule has 2 aliphatic rings. The van der Waals surface area contributed by atoms with Crippen LogP contribution in [-0.2, 0) is 34.6 Å². The van der Waals surface area contributed by atoms with E-state index in [-0.39, 0.29) is 0 Å². The Kier molecular flexibility index (Phi) is 19.1. The number of aryl methyl sites for hydroxylation is 9. The summed E-state index contributed by atoms with van der Waals surface area (Å²) in [5.41, 5.74) is 30.0. The van der Waals surface area contributed by atoms with E-state index in [0.717, 1.165) is 149 Å². The van der Waals surface area contributed by atoms with Gasteiger partial charge in [-0.05, 0) is 173 Å². The van der Waals surface area contributed by atoms with E-state index < -0.39 is 0 Å². The fraction of sp³-hybridized carbons (Fsp3) is 0.231. The molecule has 20 aromatic rings. The summed E-state index contributed by atoms with van der Waals surface area (Å²) in [7, 11) is 8.52. The summed E-state index contributed by atoms with van der Waals surface area (Å²) in [5, 5.41) is 13.3. The van der Waals surface area contributed by atoms with Crippen molar-refractivity contribution in [2.24, 2.45) is 28.2 Å². The fourth-order valence-electron chi connectivity index (χ4n) is 18.5. The molecular weight excluding hydrogens is 1430 g/mol. The molecule has 2 aliphatic carbocycles. The molecule has 0 aliphatic heterocycles. The predicted molar refractivity (Wildman–Crippen MR) is 472 cm³/mol. The highest BCUT2D eigenvalue weighted by Crippen LogP contribution is 2.44. The average Bonchev–Trinajstić information content (AvgIpc) is 1.60. The van der Waals surface area contributed by atoms with Crippen LogP contribution in [0.4, 0.5) is 0 Å². The maximum atomic E-state index is 6.40. The largest absolute Gasteiger partial charge is 0.437 e. The molecule has 0 spiro atoms. The van der Waals surface area contributed by atoms with Gasteiger partial charge < -0.3 is 17.7 Å². The minimum atomic E-state index is 0.500. The first-order valence-corrected chi connectivity index (χ1v) is 41.4. The Morgan fingerprint density at radius 2 is 0.612 bits per heavy atom. The summed E-state index contributed by atoms with van der Waals surface area (Å²) >= 11 is 0. The molecule has 12 heterocycles. The Bertz CT molecular complexity index is 7290. The zero-order valence-corrected chi connectivity index (χ0v) is 68.1. The lowest BCUT2D eigenvalue weighted by Crippen LogP contribution is -2.32. The van der Waals surface area contributed by atoms with E-state index in [1.807, 2.05) is 60.7 Å². The summed E-state index contributed by atoms with van der Waals surface area (Å²) in [4.78, 5) is 19.1. The summed E-state index contributed by atoms with van der Waals surface area (Å²) in [6.45, 7) is 15.2. The van der Waals surface area contributed by atoms with Gasteiger partial charge in [-0.3, -0.25) is 0 Å². The lowest BCUT2D eigenvalue weighted by atomic mass is 9.84. The number of benzene rings is 8. The second-order valence-corrected chi connectivity index (χ2v) is 32.8. The maximum Gasteiger partial charge on any atom is 0.227 e. The Balaban J connectivity index is 0.000000103. The Labute approximate surface area is 675 Å². The van der Waals surface area contributed by atoms with Gasteiger partial charge in [0, 0.05) is 111 Å². The highest BCUT2D eigenvalue weighted by molar-refractivity contribution is 6.15. The summed E-state index contributed by atoms with van der Waals surface area (Å²) in [5.74, 6) is 1.92. The van der Waals surface area contributed by atoms with E-state index >= 15 is 0 Å². The normalized spacial score (nSPS) is 13.6. The van der Waals surface area contributed by atoms with Gasteiger partial charge in [-0.1, -0.05) is 174 Å². The molecule has 12 heteroatoms. The van der Waals surface area contributed by atoms with Crippen LogP contribution in [0.3, 0.4) is 0 Å². The molecule has 0 saturated heterocycles. The highest BCUT2D eigenvalue weighted by atomic mass is 16.4. The number of furan rings is 4. The van der Waals surface area contributed by atoms with Crippen molar-refractivity contribution in [1.29, 1.82) is 0 Å². The third kappa shape index (κ3) is 13.3. The first-order valence-electron chi connectivity index (χ1n) is 41.4. The molecule has 0 atom stereocenters. The first-order chi connectivity index (χ1) is 56.6. The van der Waals surface area contributed by atoms with Crippen LogP contribution in [0.25, 0.3) is 177 Å². The van der Waals surface area contributed by atoms with E-state index in [1.54, 1.807) is 0 Å². The Morgan fingerprint density at radius 3 is 0.914 bits per heavy atom. The quantitative estimate of drug-likeness (QED) is 0.138. The van der Waals surface area contributed by atoms with E-state index in [2.05, 4.69) is 277 Å². The van der Waals surface area contributed by atoms with E-state index in [0.29, 0.717) is 40.6 Å². The van der Waals surface area contributed by atoms with Crippen molar-refractivity contribution in [1.82, 2.24) is 19.9 Å². The third-order valence-electron chi connectivity index (χ3n) is 24.8. The lowest BCUT2D eigenvalue weighted by Gasteiger charge is -2.21. The molecule has 2 fully saturated rings. The van der Waals surface area contributed by atoms with Crippen molar-refractivity contribution < 1.29 is 35.9 Å². The van der Waals surface area contributed by atoms with Crippen molar-refractivity contribution >= 4 is 132 Å². The molecule has 12 nitrogen and oxygen atoms in total. The van der Waals surface area contributed by atoms with Crippen LogP contribution in [0.1, 0.15) is 141 Å². The predicted octanol–water partition coefficient (Wildman–Crippen LogP) is 25.1. The van der Waals surface area contributed by atoms with Gasteiger partial charge in [0.15, 0.2) is 47.1 Å². The number of nitrogens with zero attached hydrogens (tertiary/aromatic N) is 8. The smallest absolute Gasteiger partial charge is 0.227 e. The SMILES string of the molecule is CCc1ccc(-c2c(C)ccc3c2oc2nc4ccccc4cc23)[n+](C)c1.Cc1ccc2c(oc3nc4ccccc4cc32)c1-c1ccc(C(C)C)c[n+]1C.Cc1ccc2c(oc3nc4ccccc4cc32)c1-c1ccc(C2CCCC2)c[n+]1C.Cc1ccc2c(oc3nc4ccccc4cc32)c1-c1ccc(C2CCCCC2)c[n+]1C. The van der Waals surface area contributed by atoms with Gasteiger partial charge >= 0.3 is 0 Å². The number of hydrogen-bond acceptors (Lipinski definition) is 8. The van der Waals surface area contributed by atoms with Gasteiger partial charge in [-0.15, -0.1) is 0 Å². The van der Waals surface area contributed by atoms with Crippen LogP contribution < -0.4 is 18.3 Å². The molecule has 0 bridgehead atoms. The summed E-state index contributed by atoms with van der Waals surface area (Å²) in [6.07, 6.45) is 22.2.